The van der Waals surface area contributed by atoms with E-state index in [0.717, 1.165) is 15.6 Å². The summed E-state index contributed by atoms with van der Waals surface area (Å²) in [5.74, 6) is 1.82. The Hall–Kier alpha value is -2.63. The van der Waals surface area contributed by atoms with Crippen LogP contribution in [0, 0.1) is 5.92 Å². The standard InChI is InChI=1S/C21H24N6O3S2/c1-13(12-31-21-22-14-5-3-4-6-15(14)32-21)11-27-16-17(25(2)20(29)24-18(16)28)23-19(27)26-7-9-30-10-8-26/h3-6,13H,7-12H2,1-2H3,(H,24,28,29). The first-order valence-corrected chi connectivity index (χ1v) is 12.3. The third kappa shape index (κ3) is 3.96. The molecule has 1 unspecified atom stereocenters. The van der Waals surface area contributed by atoms with E-state index in [-0.39, 0.29) is 5.92 Å². The average Bonchev–Trinajstić information content (AvgIpc) is 3.38. The van der Waals surface area contributed by atoms with Gasteiger partial charge in [0.05, 0.1) is 23.4 Å². The second-order valence-electron chi connectivity index (χ2n) is 7.98. The molecule has 32 heavy (non-hydrogen) atoms. The van der Waals surface area contributed by atoms with Crippen molar-refractivity contribution in [1.29, 1.82) is 0 Å². The first kappa shape index (κ1) is 21.2. The van der Waals surface area contributed by atoms with Gasteiger partial charge in [-0.25, -0.2) is 9.78 Å². The lowest BCUT2D eigenvalue weighted by Gasteiger charge is -2.28. The third-order valence-corrected chi connectivity index (χ3v) is 8.05. The number of para-hydroxylation sites is 1. The van der Waals surface area contributed by atoms with E-state index < -0.39 is 11.2 Å². The van der Waals surface area contributed by atoms with Crippen LogP contribution in [-0.2, 0) is 18.3 Å². The lowest BCUT2D eigenvalue weighted by atomic mass is 10.2. The molecule has 1 saturated heterocycles. The minimum atomic E-state index is -0.458. The summed E-state index contributed by atoms with van der Waals surface area (Å²) in [4.78, 5) is 38.8. The molecule has 5 rings (SSSR count). The van der Waals surface area contributed by atoms with Gasteiger partial charge in [-0.05, 0) is 18.1 Å². The van der Waals surface area contributed by atoms with Crippen LogP contribution in [0.3, 0.4) is 0 Å². The zero-order valence-electron chi connectivity index (χ0n) is 17.9. The van der Waals surface area contributed by atoms with Crippen LogP contribution >= 0.6 is 23.1 Å². The minimum absolute atomic E-state index is 0.251. The van der Waals surface area contributed by atoms with Gasteiger partial charge in [0.2, 0.25) is 5.95 Å². The number of H-pyrrole nitrogens is 1. The van der Waals surface area contributed by atoms with Gasteiger partial charge in [-0.1, -0.05) is 30.8 Å². The first-order valence-electron chi connectivity index (χ1n) is 10.5. The van der Waals surface area contributed by atoms with Crippen LogP contribution in [0.2, 0.25) is 0 Å². The number of nitrogens with one attached hydrogen (secondary N) is 1. The molecule has 0 saturated carbocycles. The van der Waals surface area contributed by atoms with Gasteiger partial charge in [-0.3, -0.25) is 14.3 Å². The maximum Gasteiger partial charge on any atom is 0.329 e. The number of thioether (sulfide) groups is 1. The number of aryl methyl sites for hydroxylation is 1. The smallest absolute Gasteiger partial charge is 0.329 e. The Morgan fingerprint density at radius 1 is 1.22 bits per heavy atom. The summed E-state index contributed by atoms with van der Waals surface area (Å²) < 4.78 is 11.1. The zero-order chi connectivity index (χ0) is 22.2. The fraction of sp³-hybridized carbons (Fsp3) is 0.429. The van der Waals surface area contributed by atoms with E-state index in [9.17, 15) is 9.59 Å². The highest BCUT2D eigenvalue weighted by Gasteiger charge is 2.24. The average molecular weight is 473 g/mol. The molecule has 0 aliphatic carbocycles. The summed E-state index contributed by atoms with van der Waals surface area (Å²) in [6.45, 7) is 5.39. The second-order valence-corrected chi connectivity index (χ2v) is 10.3. The number of anilines is 1. The lowest BCUT2D eigenvalue weighted by Crippen LogP contribution is -2.38. The molecular weight excluding hydrogens is 448 g/mol. The van der Waals surface area contributed by atoms with Gasteiger partial charge >= 0.3 is 5.69 Å². The SMILES string of the molecule is CC(CSc1nc2ccccc2s1)Cn1c(N2CCOCC2)nc2c1c(=O)[nH]c(=O)n2C. The molecule has 4 heterocycles. The molecule has 0 amide bonds. The molecule has 1 aliphatic heterocycles. The monoisotopic (exact) mass is 472 g/mol. The number of morpholine rings is 1. The van der Waals surface area contributed by atoms with Crippen molar-refractivity contribution >= 4 is 50.4 Å². The number of aromatic amines is 1. The molecular formula is C21H24N6O3S2. The number of rotatable bonds is 6. The molecule has 3 aromatic heterocycles. The number of hydrogen-bond acceptors (Lipinski definition) is 8. The molecule has 1 N–H and O–H groups in total. The van der Waals surface area contributed by atoms with E-state index in [4.69, 9.17) is 14.7 Å². The maximum absolute atomic E-state index is 12.7. The summed E-state index contributed by atoms with van der Waals surface area (Å²) in [6.07, 6.45) is 0. The van der Waals surface area contributed by atoms with E-state index in [1.54, 1.807) is 30.1 Å². The van der Waals surface area contributed by atoms with Gasteiger partial charge in [0.1, 0.15) is 0 Å². The number of ether oxygens (including phenoxy) is 1. The largest absolute Gasteiger partial charge is 0.378 e. The second kappa shape index (κ2) is 8.72. The Labute approximate surface area is 192 Å². The summed E-state index contributed by atoms with van der Waals surface area (Å²) in [5, 5.41) is 0. The van der Waals surface area contributed by atoms with Gasteiger partial charge in [-0.15, -0.1) is 11.3 Å². The molecule has 11 heteroatoms. The van der Waals surface area contributed by atoms with E-state index >= 15 is 0 Å². The molecule has 1 aliphatic rings. The van der Waals surface area contributed by atoms with Crippen molar-refractivity contribution in [2.45, 2.75) is 17.8 Å². The van der Waals surface area contributed by atoms with E-state index in [0.29, 0.717) is 50.0 Å². The Kier molecular flexibility index (Phi) is 5.78. The topological polar surface area (TPSA) is 98.0 Å². The predicted octanol–water partition coefficient (Wildman–Crippen LogP) is 2.30. The van der Waals surface area contributed by atoms with Gasteiger partial charge < -0.3 is 14.2 Å². The van der Waals surface area contributed by atoms with Gasteiger partial charge in [0, 0.05) is 32.4 Å². The summed E-state index contributed by atoms with van der Waals surface area (Å²) in [5.41, 5.74) is 1.01. The Balaban J connectivity index is 1.44. The molecule has 0 bridgehead atoms. The fourth-order valence-electron chi connectivity index (χ4n) is 3.89. The highest BCUT2D eigenvalue weighted by Crippen LogP contribution is 2.31. The van der Waals surface area contributed by atoms with Crippen LogP contribution < -0.4 is 16.1 Å². The van der Waals surface area contributed by atoms with Crippen molar-refractivity contribution in [1.82, 2.24) is 24.1 Å². The maximum atomic E-state index is 12.7. The van der Waals surface area contributed by atoms with Crippen LogP contribution in [-0.4, -0.2) is 56.1 Å². The molecule has 9 nitrogen and oxygen atoms in total. The van der Waals surface area contributed by atoms with Gasteiger partial charge in [0.15, 0.2) is 15.5 Å². The van der Waals surface area contributed by atoms with Crippen molar-refractivity contribution in [2.75, 3.05) is 37.0 Å². The molecule has 168 valence electrons. The highest BCUT2D eigenvalue weighted by atomic mass is 32.2. The summed E-state index contributed by atoms with van der Waals surface area (Å²) >= 11 is 3.43. The normalized spacial score (nSPS) is 15.6. The zero-order valence-corrected chi connectivity index (χ0v) is 19.5. The molecule has 1 aromatic carbocycles. The van der Waals surface area contributed by atoms with Crippen molar-refractivity contribution in [3.8, 4) is 0 Å². The van der Waals surface area contributed by atoms with Crippen molar-refractivity contribution < 1.29 is 4.74 Å². The van der Waals surface area contributed by atoms with Crippen molar-refractivity contribution in [2.24, 2.45) is 13.0 Å². The number of hydrogen-bond donors (Lipinski definition) is 1. The lowest BCUT2D eigenvalue weighted by molar-refractivity contribution is 0.121. The Morgan fingerprint density at radius 2 is 2.00 bits per heavy atom. The van der Waals surface area contributed by atoms with E-state index in [1.807, 2.05) is 22.8 Å². The summed E-state index contributed by atoms with van der Waals surface area (Å²) in [7, 11) is 1.63. The van der Waals surface area contributed by atoms with Gasteiger partial charge in [-0.2, -0.15) is 4.98 Å². The highest BCUT2D eigenvalue weighted by molar-refractivity contribution is 8.01. The third-order valence-electron chi connectivity index (χ3n) is 5.54. The number of nitrogens with zero attached hydrogens (tertiary/aromatic N) is 5. The molecule has 4 aromatic rings. The number of aromatic nitrogens is 5. The van der Waals surface area contributed by atoms with Crippen LogP contribution in [0.25, 0.3) is 21.4 Å². The predicted molar refractivity (Wildman–Crippen MR) is 128 cm³/mol. The quantitative estimate of drug-likeness (QED) is 0.430. The molecule has 0 radical (unpaired) electrons. The number of imidazole rings is 1. The van der Waals surface area contributed by atoms with Crippen LogP contribution in [0.15, 0.2) is 38.2 Å². The van der Waals surface area contributed by atoms with Crippen LogP contribution in [0.4, 0.5) is 5.95 Å². The fourth-order valence-corrected chi connectivity index (χ4v) is 5.99. The number of benzene rings is 1. The van der Waals surface area contributed by atoms with Crippen molar-refractivity contribution in [3.05, 3.63) is 45.1 Å². The Morgan fingerprint density at radius 3 is 2.78 bits per heavy atom. The molecule has 0 spiro atoms. The Bertz CT molecular complexity index is 1350. The van der Waals surface area contributed by atoms with E-state index in [1.165, 1.54) is 9.27 Å². The number of fused-ring (bicyclic) bond motifs is 2. The van der Waals surface area contributed by atoms with Crippen LogP contribution in [0.1, 0.15) is 6.92 Å². The molecule has 1 atom stereocenters. The van der Waals surface area contributed by atoms with E-state index in [2.05, 4.69) is 22.9 Å². The minimum Gasteiger partial charge on any atom is -0.378 e. The van der Waals surface area contributed by atoms with Crippen molar-refractivity contribution in [3.63, 3.8) is 0 Å². The first-order chi connectivity index (χ1) is 15.5. The molecule has 1 fully saturated rings. The number of thiazole rings is 1. The van der Waals surface area contributed by atoms with Crippen LogP contribution in [0.5, 0.6) is 0 Å². The summed E-state index contributed by atoms with van der Waals surface area (Å²) in [6, 6.07) is 8.15. The van der Waals surface area contributed by atoms with Gasteiger partial charge in [0.25, 0.3) is 5.56 Å².